The summed E-state index contributed by atoms with van der Waals surface area (Å²) < 4.78 is 5.09. The van der Waals surface area contributed by atoms with Gasteiger partial charge in [0.25, 0.3) is 0 Å². The number of rotatable bonds is 2. The van der Waals surface area contributed by atoms with Crippen LogP contribution in [-0.4, -0.2) is 24.7 Å². The van der Waals surface area contributed by atoms with Gasteiger partial charge in [-0.2, -0.15) is 0 Å². The minimum Gasteiger partial charge on any atom is -0.497 e. The van der Waals surface area contributed by atoms with Crippen molar-refractivity contribution in [2.75, 3.05) is 13.7 Å². The van der Waals surface area contributed by atoms with E-state index in [1.807, 2.05) is 12.1 Å². The van der Waals surface area contributed by atoms with Gasteiger partial charge in [-0.25, -0.2) is 0 Å². The highest BCUT2D eigenvalue weighted by Crippen LogP contribution is 2.27. The summed E-state index contributed by atoms with van der Waals surface area (Å²) in [6.45, 7) is 0.705. The lowest BCUT2D eigenvalue weighted by molar-refractivity contribution is -0.139. The summed E-state index contributed by atoms with van der Waals surface area (Å²) in [5.74, 6) is -0.145. The van der Waals surface area contributed by atoms with Gasteiger partial charge in [0.2, 0.25) is 0 Å². The molecule has 0 bridgehead atoms. The van der Waals surface area contributed by atoms with Crippen LogP contribution in [0.1, 0.15) is 17.2 Å². The average Bonchev–Trinajstić information content (AvgIpc) is 2.27. The first-order valence-electron chi connectivity index (χ1n) is 4.85. The highest BCUT2D eigenvalue weighted by Gasteiger charge is 2.25. The van der Waals surface area contributed by atoms with Gasteiger partial charge in [0.1, 0.15) is 11.8 Å². The van der Waals surface area contributed by atoms with E-state index in [4.69, 9.17) is 9.84 Å². The molecule has 4 nitrogen and oxygen atoms in total. The van der Waals surface area contributed by atoms with Crippen LogP contribution >= 0.6 is 12.4 Å². The van der Waals surface area contributed by atoms with Crippen LogP contribution in [-0.2, 0) is 11.2 Å². The first-order valence-corrected chi connectivity index (χ1v) is 4.85. The van der Waals surface area contributed by atoms with Gasteiger partial charge < -0.3 is 15.2 Å². The van der Waals surface area contributed by atoms with Crippen molar-refractivity contribution in [3.8, 4) is 5.75 Å². The van der Waals surface area contributed by atoms with Crippen molar-refractivity contribution in [1.29, 1.82) is 0 Å². The van der Waals surface area contributed by atoms with Crippen LogP contribution in [0.4, 0.5) is 0 Å². The molecule has 0 spiro atoms. The van der Waals surface area contributed by atoms with Gasteiger partial charge in [-0.15, -0.1) is 12.4 Å². The molecule has 0 fully saturated rings. The molecular formula is C11H14ClNO3. The molecule has 1 atom stereocenters. The van der Waals surface area contributed by atoms with Crippen molar-refractivity contribution in [3.63, 3.8) is 0 Å². The molecule has 1 aliphatic rings. The normalized spacial score (nSPS) is 18.2. The first kappa shape index (κ1) is 12.8. The van der Waals surface area contributed by atoms with E-state index in [0.717, 1.165) is 17.5 Å². The number of hydrogen-bond donors (Lipinski definition) is 2. The molecule has 0 amide bonds. The zero-order valence-electron chi connectivity index (χ0n) is 8.90. The standard InChI is InChI=1S/C11H13NO3.ClH/c1-15-8-3-2-7-4-5-12-10(11(13)14)9(7)6-8;/h2-3,6,10,12H,4-5H2,1H3,(H,13,14);1H. The second kappa shape index (κ2) is 5.18. The first-order chi connectivity index (χ1) is 7.22. The van der Waals surface area contributed by atoms with Crippen LogP contribution in [0.15, 0.2) is 18.2 Å². The van der Waals surface area contributed by atoms with Crippen LogP contribution in [0.2, 0.25) is 0 Å². The molecule has 5 heteroatoms. The van der Waals surface area contributed by atoms with Crippen molar-refractivity contribution in [2.45, 2.75) is 12.5 Å². The van der Waals surface area contributed by atoms with Gasteiger partial charge in [0, 0.05) is 6.54 Å². The Labute approximate surface area is 100 Å². The zero-order valence-corrected chi connectivity index (χ0v) is 9.71. The Morgan fingerprint density at radius 3 is 2.94 bits per heavy atom. The molecule has 1 unspecified atom stereocenters. The number of ether oxygens (including phenoxy) is 1. The quantitative estimate of drug-likeness (QED) is 0.824. The molecule has 0 aromatic heterocycles. The molecule has 2 rings (SSSR count). The van der Waals surface area contributed by atoms with E-state index >= 15 is 0 Å². The van der Waals surface area contributed by atoms with E-state index < -0.39 is 12.0 Å². The maximum absolute atomic E-state index is 11.0. The fraction of sp³-hybridized carbons (Fsp3) is 0.364. The lowest BCUT2D eigenvalue weighted by Crippen LogP contribution is -2.34. The third kappa shape index (κ3) is 2.28. The Morgan fingerprint density at radius 1 is 1.56 bits per heavy atom. The van der Waals surface area contributed by atoms with Gasteiger partial charge in [-0.1, -0.05) is 6.07 Å². The summed E-state index contributed by atoms with van der Waals surface area (Å²) >= 11 is 0. The summed E-state index contributed by atoms with van der Waals surface area (Å²) in [4.78, 5) is 11.0. The highest BCUT2D eigenvalue weighted by atomic mass is 35.5. The van der Waals surface area contributed by atoms with E-state index in [0.29, 0.717) is 12.3 Å². The number of hydrogen-bond acceptors (Lipinski definition) is 3. The minimum absolute atomic E-state index is 0. The zero-order chi connectivity index (χ0) is 10.8. The monoisotopic (exact) mass is 243 g/mol. The van der Waals surface area contributed by atoms with Crippen molar-refractivity contribution in [1.82, 2.24) is 5.32 Å². The molecular weight excluding hydrogens is 230 g/mol. The van der Waals surface area contributed by atoms with Crippen LogP contribution in [0, 0.1) is 0 Å². The Morgan fingerprint density at radius 2 is 2.31 bits per heavy atom. The molecule has 88 valence electrons. The third-order valence-corrected chi connectivity index (χ3v) is 2.65. The van der Waals surface area contributed by atoms with Crippen molar-refractivity contribution < 1.29 is 14.6 Å². The number of carbonyl (C=O) groups is 1. The molecule has 1 aliphatic heterocycles. The number of carboxylic acid groups (broad SMARTS) is 1. The van der Waals surface area contributed by atoms with Crippen LogP contribution in [0.3, 0.4) is 0 Å². The van der Waals surface area contributed by atoms with Crippen molar-refractivity contribution >= 4 is 18.4 Å². The highest BCUT2D eigenvalue weighted by molar-refractivity contribution is 5.85. The summed E-state index contributed by atoms with van der Waals surface area (Å²) in [5.41, 5.74) is 1.90. The summed E-state index contributed by atoms with van der Waals surface area (Å²) in [5, 5.41) is 12.0. The predicted molar refractivity (Wildman–Crippen MR) is 62.3 cm³/mol. The average molecular weight is 244 g/mol. The summed E-state index contributed by atoms with van der Waals surface area (Å²) in [7, 11) is 1.58. The lowest BCUT2D eigenvalue weighted by atomic mass is 9.94. The number of nitrogens with one attached hydrogen (secondary N) is 1. The van der Waals surface area contributed by atoms with Gasteiger partial charge in [0.15, 0.2) is 0 Å². The number of halogens is 1. The van der Waals surface area contributed by atoms with Gasteiger partial charge >= 0.3 is 5.97 Å². The van der Waals surface area contributed by atoms with Gasteiger partial charge in [-0.05, 0) is 29.7 Å². The van der Waals surface area contributed by atoms with E-state index in [2.05, 4.69) is 5.32 Å². The Bertz CT molecular complexity index is 395. The topological polar surface area (TPSA) is 58.6 Å². The lowest BCUT2D eigenvalue weighted by Gasteiger charge is -2.24. The number of benzene rings is 1. The SMILES string of the molecule is COc1ccc2c(c1)C(C(=O)O)NCC2.Cl. The Kier molecular flexibility index (Phi) is 4.15. The van der Waals surface area contributed by atoms with Crippen LogP contribution < -0.4 is 10.1 Å². The molecule has 16 heavy (non-hydrogen) atoms. The molecule has 1 heterocycles. The molecule has 1 aromatic rings. The van der Waals surface area contributed by atoms with E-state index in [1.54, 1.807) is 13.2 Å². The molecule has 0 radical (unpaired) electrons. The van der Waals surface area contributed by atoms with E-state index in [9.17, 15) is 4.79 Å². The third-order valence-electron chi connectivity index (χ3n) is 2.65. The number of methoxy groups -OCH3 is 1. The second-order valence-corrected chi connectivity index (χ2v) is 3.54. The van der Waals surface area contributed by atoms with Crippen molar-refractivity contribution in [2.24, 2.45) is 0 Å². The number of aliphatic carboxylic acids is 1. The predicted octanol–water partition coefficient (Wildman–Crippen LogP) is 1.39. The minimum atomic E-state index is -0.843. The fourth-order valence-electron chi connectivity index (χ4n) is 1.88. The Hall–Kier alpha value is -1.26. The van der Waals surface area contributed by atoms with Crippen molar-refractivity contribution in [3.05, 3.63) is 29.3 Å². The number of carboxylic acids is 1. The van der Waals surface area contributed by atoms with E-state index in [-0.39, 0.29) is 12.4 Å². The van der Waals surface area contributed by atoms with Gasteiger partial charge in [0.05, 0.1) is 7.11 Å². The molecule has 0 saturated carbocycles. The molecule has 0 aliphatic carbocycles. The maximum atomic E-state index is 11.0. The Balaban J connectivity index is 0.00000128. The van der Waals surface area contributed by atoms with E-state index in [1.165, 1.54) is 0 Å². The van der Waals surface area contributed by atoms with Gasteiger partial charge in [-0.3, -0.25) is 4.79 Å². The molecule has 1 aromatic carbocycles. The smallest absolute Gasteiger partial charge is 0.325 e. The van der Waals surface area contributed by atoms with Crippen LogP contribution in [0.25, 0.3) is 0 Å². The molecule has 2 N–H and O–H groups in total. The second-order valence-electron chi connectivity index (χ2n) is 3.54. The largest absolute Gasteiger partial charge is 0.497 e. The van der Waals surface area contributed by atoms with Crippen LogP contribution in [0.5, 0.6) is 5.75 Å². The summed E-state index contributed by atoms with van der Waals surface area (Å²) in [6.07, 6.45) is 0.864. The molecule has 0 saturated heterocycles. The fourth-order valence-corrected chi connectivity index (χ4v) is 1.88. The number of fused-ring (bicyclic) bond motifs is 1. The summed E-state index contributed by atoms with van der Waals surface area (Å²) in [6, 6.07) is 4.98. The maximum Gasteiger partial charge on any atom is 0.325 e.